The lowest BCUT2D eigenvalue weighted by atomic mass is 10.2. The molecule has 0 atom stereocenters. The molecule has 0 aromatic heterocycles. The molecule has 0 radical (unpaired) electrons. The minimum Gasteiger partial charge on any atom is -0.258 e. The number of nitrogens with two attached hydrogens (primary N) is 1. The summed E-state index contributed by atoms with van der Waals surface area (Å²) >= 11 is 0. The summed E-state index contributed by atoms with van der Waals surface area (Å²) in [6, 6.07) is 0. The molecule has 10 heavy (non-hydrogen) atoms. The van der Waals surface area contributed by atoms with Crippen LogP contribution in [0.1, 0.15) is 27.2 Å². The average Bonchev–Trinajstić information content (AvgIpc) is 1.86. The van der Waals surface area contributed by atoms with Crippen molar-refractivity contribution in [2.75, 3.05) is 13.1 Å². The quantitative estimate of drug-likeness (QED) is 0.443. The first kappa shape index (κ1) is 9.88. The van der Waals surface area contributed by atoms with E-state index in [-0.39, 0.29) is 0 Å². The second kappa shape index (κ2) is 5.65. The molecule has 0 rings (SSSR count). The molecular formula is C7H19N3. The predicted octanol–water partition coefficient (Wildman–Crippen LogP) is 0.733. The maximum absolute atomic E-state index is 5.28. The molecule has 0 aliphatic rings. The molecule has 0 spiro atoms. The zero-order chi connectivity index (χ0) is 7.98. The third-order valence-corrected chi connectivity index (χ3v) is 1.26. The highest BCUT2D eigenvalue weighted by molar-refractivity contribution is 4.51. The van der Waals surface area contributed by atoms with Crippen molar-refractivity contribution in [3.8, 4) is 0 Å². The van der Waals surface area contributed by atoms with Gasteiger partial charge in [-0.25, -0.2) is 5.01 Å². The van der Waals surface area contributed by atoms with Gasteiger partial charge in [0.05, 0.1) is 0 Å². The lowest BCUT2D eigenvalue weighted by molar-refractivity contribution is 0.168. The highest BCUT2D eigenvalue weighted by Gasteiger charge is 2.02. The van der Waals surface area contributed by atoms with Gasteiger partial charge in [-0.15, -0.1) is 0 Å². The molecule has 0 heterocycles. The first-order valence-electron chi connectivity index (χ1n) is 3.91. The van der Waals surface area contributed by atoms with Crippen LogP contribution in [0.3, 0.4) is 0 Å². The van der Waals surface area contributed by atoms with Crippen LogP contribution in [0.15, 0.2) is 0 Å². The Morgan fingerprint density at radius 1 is 1.50 bits per heavy atom. The van der Waals surface area contributed by atoms with Crippen molar-refractivity contribution >= 4 is 0 Å². The van der Waals surface area contributed by atoms with Gasteiger partial charge in [0.25, 0.3) is 0 Å². The van der Waals surface area contributed by atoms with Crippen molar-refractivity contribution < 1.29 is 0 Å². The van der Waals surface area contributed by atoms with Crippen LogP contribution >= 0.6 is 0 Å². The van der Waals surface area contributed by atoms with Gasteiger partial charge < -0.3 is 0 Å². The van der Waals surface area contributed by atoms with E-state index in [1.165, 1.54) is 0 Å². The fourth-order valence-electron chi connectivity index (χ4n) is 0.919. The first-order chi connectivity index (χ1) is 4.70. The van der Waals surface area contributed by atoms with E-state index in [9.17, 15) is 0 Å². The van der Waals surface area contributed by atoms with Crippen molar-refractivity contribution in [1.29, 1.82) is 0 Å². The zero-order valence-corrected chi connectivity index (χ0v) is 7.22. The number of hydrogen-bond acceptors (Lipinski definition) is 3. The molecule has 3 nitrogen and oxygen atoms in total. The Hall–Kier alpha value is -0.120. The van der Waals surface area contributed by atoms with Gasteiger partial charge in [-0.05, 0) is 12.3 Å². The van der Waals surface area contributed by atoms with E-state index in [1.54, 1.807) is 0 Å². The minimum absolute atomic E-state index is 0.669. The first-order valence-corrected chi connectivity index (χ1v) is 3.91. The van der Waals surface area contributed by atoms with Crippen molar-refractivity contribution in [1.82, 2.24) is 10.5 Å². The molecule has 0 aliphatic heterocycles. The van der Waals surface area contributed by atoms with Crippen LogP contribution in [0.25, 0.3) is 0 Å². The topological polar surface area (TPSA) is 41.3 Å². The van der Waals surface area contributed by atoms with Crippen LogP contribution in [-0.4, -0.2) is 18.1 Å². The fourth-order valence-corrected chi connectivity index (χ4v) is 0.919. The van der Waals surface area contributed by atoms with Gasteiger partial charge >= 0.3 is 0 Å². The van der Waals surface area contributed by atoms with Crippen molar-refractivity contribution in [3.63, 3.8) is 0 Å². The second-order valence-electron chi connectivity index (χ2n) is 2.97. The van der Waals surface area contributed by atoms with Gasteiger partial charge in [0, 0.05) is 13.1 Å². The Kier molecular flexibility index (Phi) is 5.58. The molecule has 0 aliphatic carbocycles. The summed E-state index contributed by atoms with van der Waals surface area (Å²) in [7, 11) is 0. The lowest BCUT2D eigenvalue weighted by Gasteiger charge is -2.21. The average molecular weight is 145 g/mol. The van der Waals surface area contributed by atoms with Gasteiger partial charge in [0.1, 0.15) is 0 Å². The fraction of sp³-hybridized carbons (Fsp3) is 1.00. The Morgan fingerprint density at radius 2 is 2.10 bits per heavy atom. The number of hydrazine groups is 2. The second-order valence-corrected chi connectivity index (χ2v) is 2.97. The molecule has 0 aromatic rings. The van der Waals surface area contributed by atoms with Crippen molar-refractivity contribution in [3.05, 3.63) is 0 Å². The molecule has 0 bridgehead atoms. The maximum atomic E-state index is 5.28. The third-order valence-electron chi connectivity index (χ3n) is 1.26. The SMILES string of the molecule is CCCN(CC(C)C)NN. The van der Waals surface area contributed by atoms with Crippen LogP contribution in [-0.2, 0) is 0 Å². The van der Waals surface area contributed by atoms with E-state index in [1.807, 2.05) is 5.01 Å². The smallest absolute Gasteiger partial charge is 0.0167 e. The van der Waals surface area contributed by atoms with Crippen LogP contribution in [0.5, 0.6) is 0 Å². The van der Waals surface area contributed by atoms with Gasteiger partial charge in [-0.1, -0.05) is 20.8 Å². The van der Waals surface area contributed by atoms with E-state index in [2.05, 4.69) is 26.3 Å². The molecule has 3 heteroatoms. The summed E-state index contributed by atoms with van der Waals surface area (Å²) in [6.07, 6.45) is 1.14. The molecule has 62 valence electrons. The Balaban J connectivity index is 3.39. The summed E-state index contributed by atoms with van der Waals surface area (Å²) in [5, 5.41) is 2.03. The largest absolute Gasteiger partial charge is 0.258 e. The van der Waals surface area contributed by atoms with Gasteiger partial charge in [0.15, 0.2) is 0 Å². The monoisotopic (exact) mass is 145 g/mol. The summed E-state index contributed by atoms with van der Waals surface area (Å²) in [5.41, 5.74) is 2.67. The van der Waals surface area contributed by atoms with Crippen LogP contribution < -0.4 is 11.4 Å². The summed E-state index contributed by atoms with van der Waals surface area (Å²) in [6.45, 7) is 8.55. The Bertz CT molecular complexity index is 73.3. The van der Waals surface area contributed by atoms with E-state index >= 15 is 0 Å². The molecular weight excluding hydrogens is 126 g/mol. The summed E-state index contributed by atoms with van der Waals surface area (Å²) in [4.78, 5) is 0. The maximum Gasteiger partial charge on any atom is 0.0167 e. The minimum atomic E-state index is 0.669. The number of hydrogen-bond donors (Lipinski definition) is 2. The molecule has 0 unspecified atom stereocenters. The number of rotatable bonds is 5. The standard InChI is InChI=1S/C7H19N3/c1-4-5-10(9-8)6-7(2)3/h7,9H,4-6,8H2,1-3H3. The van der Waals surface area contributed by atoms with Crippen LogP contribution in [0.2, 0.25) is 0 Å². The van der Waals surface area contributed by atoms with Crippen LogP contribution in [0, 0.1) is 5.92 Å². The summed E-state index contributed by atoms with van der Waals surface area (Å²) < 4.78 is 0. The Labute approximate surface area is 63.5 Å². The van der Waals surface area contributed by atoms with Crippen molar-refractivity contribution in [2.24, 2.45) is 11.8 Å². The molecule has 0 fully saturated rings. The summed E-state index contributed by atoms with van der Waals surface area (Å²) in [5.74, 6) is 5.95. The van der Waals surface area contributed by atoms with Gasteiger partial charge in [0.2, 0.25) is 0 Å². The van der Waals surface area contributed by atoms with Gasteiger partial charge in [-0.2, -0.15) is 5.53 Å². The highest BCUT2D eigenvalue weighted by atomic mass is 15.6. The van der Waals surface area contributed by atoms with E-state index in [0.29, 0.717) is 5.92 Å². The van der Waals surface area contributed by atoms with Crippen LogP contribution in [0.4, 0.5) is 0 Å². The predicted molar refractivity (Wildman–Crippen MR) is 44.0 cm³/mol. The van der Waals surface area contributed by atoms with Gasteiger partial charge in [-0.3, -0.25) is 5.84 Å². The molecule has 0 saturated carbocycles. The van der Waals surface area contributed by atoms with E-state index < -0.39 is 0 Å². The van der Waals surface area contributed by atoms with E-state index in [0.717, 1.165) is 19.5 Å². The zero-order valence-electron chi connectivity index (χ0n) is 7.22. The number of nitrogens with zero attached hydrogens (tertiary/aromatic N) is 1. The molecule has 0 saturated heterocycles. The normalized spacial score (nSPS) is 11.4. The lowest BCUT2D eigenvalue weighted by Crippen LogP contribution is -2.45. The number of nitrogens with one attached hydrogen (secondary N) is 1. The molecule has 0 aromatic carbocycles. The molecule has 3 N–H and O–H groups in total. The van der Waals surface area contributed by atoms with E-state index in [4.69, 9.17) is 5.84 Å². The highest BCUT2D eigenvalue weighted by Crippen LogP contribution is 1.94. The Morgan fingerprint density at radius 3 is 2.40 bits per heavy atom. The molecule has 0 amide bonds. The third kappa shape index (κ3) is 4.73. The van der Waals surface area contributed by atoms with Crippen molar-refractivity contribution in [2.45, 2.75) is 27.2 Å².